The van der Waals surface area contributed by atoms with Crippen molar-refractivity contribution in [3.05, 3.63) is 48.4 Å². The van der Waals surface area contributed by atoms with Crippen molar-refractivity contribution >= 4 is 22.8 Å². The van der Waals surface area contributed by atoms with Crippen LogP contribution in [0.5, 0.6) is 11.5 Å². The lowest BCUT2D eigenvalue weighted by molar-refractivity contribution is 0.0958. The van der Waals surface area contributed by atoms with E-state index in [1.165, 1.54) is 32.1 Å². The second kappa shape index (κ2) is 8.43. The molecule has 29 heavy (non-hydrogen) atoms. The second-order valence-corrected chi connectivity index (χ2v) is 7.35. The van der Waals surface area contributed by atoms with Crippen LogP contribution < -0.4 is 15.0 Å². The highest BCUT2D eigenvalue weighted by Crippen LogP contribution is 2.28. The van der Waals surface area contributed by atoms with Crippen molar-refractivity contribution in [2.45, 2.75) is 38.1 Å². The van der Waals surface area contributed by atoms with Crippen molar-refractivity contribution in [1.82, 2.24) is 20.3 Å². The van der Waals surface area contributed by atoms with Crippen LogP contribution in [0.1, 0.15) is 42.6 Å². The van der Waals surface area contributed by atoms with Crippen LogP contribution in [0.25, 0.3) is 10.9 Å². The summed E-state index contributed by atoms with van der Waals surface area (Å²) in [4.78, 5) is 27.3. The zero-order chi connectivity index (χ0) is 20.2. The smallest absolute Gasteiger partial charge is 0.269 e. The maximum atomic E-state index is 11.7. The van der Waals surface area contributed by atoms with Gasteiger partial charge in [-0.25, -0.2) is 9.97 Å². The number of carbonyl (C=O) groups excluding carboxylic acids is 1. The molecule has 1 amide bonds. The van der Waals surface area contributed by atoms with E-state index in [0.717, 1.165) is 16.9 Å². The van der Waals surface area contributed by atoms with Crippen molar-refractivity contribution in [3.63, 3.8) is 0 Å². The van der Waals surface area contributed by atoms with Gasteiger partial charge in [-0.3, -0.25) is 9.78 Å². The molecule has 2 aromatic heterocycles. The van der Waals surface area contributed by atoms with Crippen LogP contribution in [-0.2, 0) is 0 Å². The molecule has 150 valence electrons. The summed E-state index contributed by atoms with van der Waals surface area (Å²) in [5.74, 6) is 1.72. The molecule has 0 unspecified atom stereocenters. The third-order valence-corrected chi connectivity index (χ3v) is 5.40. The van der Waals surface area contributed by atoms with Gasteiger partial charge < -0.3 is 15.0 Å². The molecule has 7 heteroatoms. The first-order chi connectivity index (χ1) is 14.1. The number of benzene rings is 1. The quantitative estimate of drug-likeness (QED) is 0.709. The molecule has 3 aromatic rings. The van der Waals surface area contributed by atoms with Crippen LogP contribution in [0.2, 0.25) is 0 Å². The first-order valence-electron chi connectivity index (χ1n) is 9.99. The van der Waals surface area contributed by atoms with E-state index in [9.17, 15) is 4.79 Å². The van der Waals surface area contributed by atoms with E-state index >= 15 is 0 Å². The van der Waals surface area contributed by atoms with Crippen LogP contribution in [0, 0.1) is 0 Å². The molecule has 1 N–H and O–H groups in total. The average molecular weight is 391 g/mol. The standard InChI is InChI=1S/C22H25N5O2/c1-23-21(28)20-13-18(10-11-24-20)29-17-8-9-19-15(12-17)14-25-22(26-19)27(2)16-6-4-3-5-7-16/h8-14,16H,3-7H2,1-2H3,(H,23,28). The summed E-state index contributed by atoms with van der Waals surface area (Å²) in [7, 11) is 3.66. The second-order valence-electron chi connectivity index (χ2n) is 7.35. The van der Waals surface area contributed by atoms with E-state index < -0.39 is 0 Å². The minimum absolute atomic E-state index is 0.253. The number of rotatable bonds is 5. The lowest BCUT2D eigenvalue weighted by Gasteiger charge is -2.31. The minimum Gasteiger partial charge on any atom is -0.457 e. The summed E-state index contributed by atoms with van der Waals surface area (Å²) in [6, 6.07) is 9.56. The topological polar surface area (TPSA) is 80.2 Å². The highest BCUT2D eigenvalue weighted by atomic mass is 16.5. The predicted octanol–water partition coefficient (Wildman–Crippen LogP) is 3.95. The Bertz CT molecular complexity index is 1020. The van der Waals surface area contributed by atoms with Crippen molar-refractivity contribution < 1.29 is 9.53 Å². The first kappa shape index (κ1) is 19.1. The number of fused-ring (bicyclic) bond motifs is 1. The van der Waals surface area contributed by atoms with Gasteiger partial charge >= 0.3 is 0 Å². The van der Waals surface area contributed by atoms with E-state index in [-0.39, 0.29) is 5.91 Å². The molecule has 0 spiro atoms. The lowest BCUT2D eigenvalue weighted by Crippen LogP contribution is -2.34. The van der Waals surface area contributed by atoms with Crippen molar-refractivity contribution in [2.24, 2.45) is 0 Å². The molecule has 0 radical (unpaired) electrons. The number of hydrogen-bond acceptors (Lipinski definition) is 6. The minimum atomic E-state index is -0.253. The molecule has 1 aromatic carbocycles. The number of nitrogens with zero attached hydrogens (tertiary/aromatic N) is 4. The Labute approximate surface area is 170 Å². The fourth-order valence-corrected chi connectivity index (χ4v) is 3.73. The number of aromatic nitrogens is 3. The summed E-state index contributed by atoms with van der Waals surface area (Å²) in [6.45, 7) is 0. The van der Waals surface area contributed by atoms with E-state index in [0.29, 0.717) is 23.2 Å². The SMILES string of the molecule is CNC(=O)c1cc(Oc2ccc3nc(N(C)C4CCCCC4)ncc3c2)ccn1. The van der Waals surface area contributed by atoms with E-state index in [1.807, 2.05) is 24.4 Å². The number of hydrogen-bond donors (Lipinski definition) is 1. The van der Waals surface area contributed by atoms with E-state index in [2.05, 4.69) is 27.2 Å². The van der Waals surface area contributed by atoms with Crippen molar-refractivity contribution in [2.75, 3.05) is 19.0 Å². The molecule has 0 saturated heterocycles. The van der Waals surface area contributed by atoms with Crippen LogP contribution in [-0.4, -0.2) is 41.0 Å². The number of nitrogens with one attached hydrogen (secondary N) is 1. The molecule has 1 aliphatic carbocycles. The number of anilines is 1. The molecule has 1 fully saturated rings. The number of ether oxygens (including phenoxy) is 1. The molecule has 4 rings (SSSR count). The number of carbonyl (C=O) groups is 1. The van der Waals surface area contributed by atoms with Gasteiger partial charge in [0.1, 0.15) is 17.2 Å². The molecule has 1 aliphatic rings. The molecule has 0 bridgehead atoms. The highest BCUT2D eigenvalue weighted by Gasteiger charge is 2.20. The van der Waals surface area contributed by atoms with E-state index in [4.69, 9.17) is 9.72 Å². The molecule has 0 aliphatic heterocycles. The summed E-state index contributed by atoms with van der Waals surface area (Å²) in [5, 5.41) is 3.46. The van der Waals surface area contributed by atoms with Crippen molar-refractivity contribution in [3.8, 4) is 11.5 Å². The molecular formula is C22H25N5O2. The van der Waals surface area contributed by atoms with Gasteiger partial charge in [0, 0.05) is 44.0 Å². The van der Waals surface area contributed by atoms with Crippen molar-refractivity contribution in [1.29, 1.82) is 0 Å². The third-order valence-electron chi connectivity index (χ3n) is 5.40. The summed E-state index contributed by atoms with van der Waals surface area (Å²) in [5.41, 5.74) is 1.19. The highest BCUT2D eigenvalue weighted by molar-refractivity contribution is 5.92. The summed E-state index contributed by atoms with van der Waals surface area (Å²) in [6.07, 6.45) is 9.68. The van der Waals surface area contributed by atoms with Crippen LogP contribution in [0.3, 0.4) is 0 Å². The monoisotopic (exact) mass is 391 g/mol. The zero-order valence-corrected chi connectivity index (χ0v) is 16.8. The molecule has 2 heterocycles. The Morgan fingerprint density at radius 3 is 2.69 bits per heavy atom. The van der Waals surface area contributed by atoms with Gasteiger partial charge in [0.05, 0.1) is 5.52 Å². The fraction of sp³-hybridized carbons (Fsp3) is 0.364. The molecule has 0 atom stereocenters. The van der Waals surface area contributed by atoms with Gasteiger partial charge in [0.2, 0.25) is 5.95 Å². The Balaban J connectivity index is 1.53. The Morgan fingerprint density at radius 2 is 1.90 bits per heavy atom. The number of pyridine rings is 1. The predicted molar refractivity (Wildman–Crippen MR) is 113 cm³/mol. The largest absolute Gasteiger partial charge is 0.457 e. The van der Waals surface area contributed by atoms with Crippen LogP contribution in [0.15, 0.2) is 42.7 Å². The fourth-order valence-electron chi connectivity index (χ4n) is 3.73. The normalized spacial score (nSPS) is 14.6. The van der Waals surface area contributed by atoms with Gasteiger partial charge in [-0.1, -0.05) is 19.3 Å². The zero-order valence-electron chi connectivity index (χ0n) is 16.8. The summed E-state index contributed by atoms with van der Waals surface area (Å²) < 4.78 is 5.91. The lowest BCUT2D eigenvalue weighted by atomic mass is 9.95. The Kier molecular flexibility index (Phi) is 5.55. The average Bonchev–Trinajstić information content (AvgIpc) is 2.78. The van der Waals surface area contributed by atoms with Gasteiger partial charge in [0.25, 0.3) is 5.91 Å². The summed E-state index contributed by atoms with van der Waals surface area (Å²) >= 11 is 0. The van der Waals surface area contributed by atoms with Gasteiger partial charge in [-0.15, -0.1) is 0 Å². The maximum Gasteiger partial charge on any atom is 0.269 e. The van der Waals surface area contributed by atoms with Crippen LogP contribution in [0.4, 0.5) is 5.95 Å². The van der Waals surface area contributed by atoms with Gasteiger partial charge in [-0.2, -0.15) is 0 Å². The molecular weight excluding hydrogens is 366 g/mol. The number of amides is 1. The van der Waals surface area contributed by atoms with Gasteiger partial charge in [0.15, 0.2) is 0 Å². The Hall–Kier alpha value is -3.22. The first-order valence-corrected chi connectivity index (χ1v) is 9.99. The maximum absolute atomic E-state index is 11.7. The van der Waals surface area contributed by atoms with Crippen LogP contribution >= 0.6 is 0 Å². The van der Waals surface area contributed by atoms with Gasteiger partial charge in [-0.05, 0) is 37.1 Å². The molecule has 1 saturated carbocycles. The third kappa shape index (κ3) is 4.29. The Morgan fingerprint density at radius 1 is 1.10 bits per heavy atom. The van der Waals surface area contributed by atoms with E-state index in [1.54, 1.807) is 25.4 Å². The molecule has 7 nitrogen and oxygen atoms in total.